The molecule has 0 saturated carbocycles. The summed E-state index contributed by atoms with van der Waals surface area (Å²) in [5.74, 6) is 0.122. The van der Waals surface area contributed by atoms with E-state index in [9.17, 15) is 4.79 Å². The van der Waals surface area contributed by atoms with E-state index in [1.807, 2.05) is 12.1 Å². The number of Topliss-reactive ketones (excluding diaryl/α,β-unsaturated/α-hetero) is 1. The Balaban J connectivity index is 2.11. The van der Waals surface area contributed by atoms with Crippen LogP contribution in [0.2, 0.25) is 0 Å². The third-order valence-electron chi connectivity index (χ3n) is 3.48. The molecule has 0 radical (unpaired) electrons. The molecule has 3 nitrogen and oxygen atoms in total. The Hall–Kier alpha value is -1.55. The van der Waals surface area contributed by atoms with Crippen LogP contribution in [0.15, 0.2) is 24.3 Å². The number of hydrogen-bond acceptors (Lipinski definition) is 4. The number of carbonyl (C=O) groups excluding carboxylic acids is 1. The van der Waals surface area contributed by atoms with Crippen LogP contribution in [0.3, 0.4) is 0 Å². The van der Waals surface area contributed by atoms with E-state index in [2.05, 4.69) is 49.4 Å². The molecule has 2 aromatic rings. The molecular formula is C17H22N2OS. The second-order valence-corrected chi connectivity index (χ2v) is 7.10. The van der Waals surface area contributed by atoms with Crippen molar-refractivity contribution in [3.63, 3.8) is 0 Å². The van der Waals surface area contributed by atoms with Crippen molar-refractivity contribution in [2.45, 2.75) is 52.4 Å². The van der Waals surface area contributed by atoms with Gasteiger partial charge in [0.05, 0.1) is 5.69 Å². The van der Waals surface area contributed by atoms with E-state index in [0.717, 1.165) is 29.0 Å². The van der Waals surface area contributed by atoms with Gasteiger partial charge in [-0.25, -0.2) is 0 Å². The molecule has 0 aliphatic rings. The fourth-order valence-electron chi connectivity index (χ4n) is 2.21. The van der Waals surface area contributed by atoms with Crippen LogP contribution >= 0.6 is 11.5 Å². The molecule has 0 amide bonds. The molecule has 0 aliphatic heterocycles. The summed E-state index contributed by atoms with van der Waals surface area (Å²) in [5, 5.41) is 4.06. The lowest BCUT2D eigenvalue weighted by atomic mass is 9.86. The summed E-state index contributed by atoms with van der Waals surface area (Å²) in [7, 11) is 0. The van der Waals surface area contributed by atoms with Gasteiger partial charge in [-0.2, -0.15) is 0 Å². The Bertz CT molecular complexity index is 608. The second kappa shape index (κ2) is 6.48. The molecule has 21 heavy (non-hydrogen) atoms. The summed E-state index contributed by atoms with van der Waals surface area (Å²) >= 11 is 1.21. The van der Waals surface area contributed by atoms with Crippen LogP contribution in [0.4, 0.5) is 0 Å². The Morgan fingerprint density at radius 2 is 1.86 bits per heavy atom. The zero-order valence-electron chi connectivity index (χ0n) is 13.1. The van der Waals surface area contributed by atoms with Gasteiger partial charge in [-0.1, -0.05) is 62.9 Å². The molecule has 1 heterocycles. The summed E-state index contributed by atoms with van der Waals surface area (Å²) in [4.78, 5) is 13.1. The zero-order chi connectivity index (χ0) is 15.5. The lowest BCUT2D eigenvalue weighted by molar-refractivity contribution is 0.0995. The maximum absolute atomic E-state index is 12.4. The summed E-state index contributed by atoms with van der Waals surface area (Å²) in [6.45, 7) is 8.65. The molecule has 0 spiro atoms. The fourth-order valence-corrected chi connectivity index (χ4v) is 2.85. The Labute approximate surface area is 130 Å². The van der Waals surface area contributed by atoms with Crippen LogP contribution in [-0.2, 0) is 18.3 Å². The standard InChI is InChI=1S/C17H22N2OS/c1-5-6-14-16(21-19-18-14)15(20)11-12-7-9-13(10-8-12)17(2,3)4/h7-10H,5-6,11H2,1-4H3. The highest BCUT2D eigenvalue weighted by Crippen LogP contribution is 2.23. The minimum atomic E-state index is 0.122. The molecule has 0 unspecified atom stereocenters. The third kappa shape index (κ3) is 3.97. The van der Waals surface area contributed by atoms with Crippen LogP contribution in [0, 0.1) is 0 Å². The molecule has 1 aromatic heterocycles. The first-order chi connectivity index (χ1) is 9.91. The number of rotatable bonds is 5. The van der Waals surface area contributed by atoms with Gasteiger partial charge < -0.3 is 0 Å². The van der Waals surface area contributed by atoms with Gasteiger partial charge in [-0.15, -0.1) is 5.10 Å². The van der Waals surface area contributed by atoms with E-state index >= 15 is 0 Å². The molecule has 0 saturated heterocycles. The number of nitrogens with zero attached hydrogens (tertiary/aromatic N) is 2. The average Bonchev–Trinajstić information content (AvgIpc) is 2.87. The monoisotopic (exact) mass is 302 g/mol. The van der Waals surface area contributed by atoms with Crippen molar-refractivity contribution in [1.82, 2.24) is 9.59 Å². The van der Waals surface area contributed by atoms with Crippen LogP contribution in [0.1, 0.15) is 60.6 Å². The highest BCUT2D eigenvalue weighted by atomic mass is 32.1. The maximum atomic E-state index is 12.4. The summed E-state index contributed by atoms with van der Waals surface area (Å²) in [6.07, 6.45) is 2.22. The lowest BCUT2D eigenvalue weighted by Gasteiger charge is -2.19. The van der Waals surface area contributed by atoms with Crippen molar-refractivity contribution in [3.8, 4) is 0 Å². The van der Waals surface area contributed by atoms with Crippen molar-refractivity contribution in [3.05, 3.63) is 46.0 Å². The molecule has 0 aliphatic carbocycles. The van der Waals surface area contributed by atoms with Crippen molar-refractivity contribution in [2.24, 2.45) is 0 Å². The topological polar surface area (TPSA) is 42.9 Å². The molecule has 2 rings (SSSR count). The first kappa shape index (κ1) is 15.8. The summed E-state index contributed by atoms with van der Waals surface area (Å²) < 4.78 is 3.92. The van der Waals surface area contributed by atoms with Crippen LogP contribution in [-0.4, -0.2) is 15.4 Å². The highest BCUT2D eigenvalue weighted by molar-refractivity contribution is 7.08. The molecule has 1 aromatic carbocycles. The molecule has 0 atom stereocenters. The van der Waals surface area contributed by atoms with Crippen molar-refractivity contribution >= 4 is 17.3 Å². The van der Waals surface area contributed by atoms with E-state index in [-0.39, 0.29) is 11.2 Å². The lowest BCUT2D eigenvalue weighted by Crippen LogP contribution is -2.11. The summed E-state index contributed by atoms with van der Waals surface area (Å²) in [6, 6.07) is 8.32. The minimum Gasteiger partial charge on any atom is -0.293 e. The highest BCUT2D eigenvalue weighted by Gasteiger charge is 2.17. The zero-order valence-corrected chi connectivity index (χ0v) is 14.0. The van der Waals surface area contributed by atoms with Crippen LogP contribution < -0.4 is 0 Å². The largest absolute Gasteiger partial charge is 0.293 e. The Kier molecular flexibility index (Phi) is 4.88. The number of ketones is 1. The molecular weight excluding hydrogens is 280 g/mol. The SMILES string of the molecule is CCCc1nnsc1C(=O)Cc1ccc(C(C)(C)C)cc1. The van der Waals surface area contributed by atoms with E-state index in [0.29, 0.717) is 6.42 Å². The number of aromatic nitrogens is 2. The average molecular weight is 302 g/mol. The van der Waals surface area contributed by atoms with Gasteiger partial charge in [0.15, 0.2) is 5.78 Å². The number of hydrogen-bond donors (Lipinski definition) is 0. The van der Waals surface area contributed by atoms with Crippen molar-refractivity contribution < 1.29 is 4.79 Å². The van der Waals surface area contributed by atoms with E-state index < -0.39 is 0 Å². The van der Waals surface area contributed by atoms with Gasteiger partial charge in [0.2, 0.25) is 0 Å². The number of aryl methyl sites for hydroxylation is 1. The molecule has 0 fully saturated rings. The first-order valence-corrected chi connectivity index (χ1v) is 8.13. The van der Waals surface area contributed by atoms with Crippen LogP contribution in [0.5, 0.6) is 0 Å². The molecule has 0 N–H and O–H groups in total. The normalized spacial score (nSPS) is 11.6. The van der Waals surface area contributed by atoms with E-state index in [1.165, 1.54) is 17.1 Å². The molecule has 0 bridgehead atoms. The predicted octanol–water partition coefficient (Wildman–Crippen LogP) is 4.21. The second-order valence-electron chi connectivity index (χ2n) is 6.35. The van der Waals surface area contributed by atoms with Gasteiger partial charge in [-0.3, -0.25) is 4.79 Å². The maximum Gasteiger partial charge on any atom is 0.180 e. The minimum absolute atomic E-state index is 0.122. The fraction of sp³-hybridized carbons (Fsp3) is 0.471. The molecule has 112 valence electrons. The van der Waals surface area contributed by atoms with E-state index in [4.69, 9.17) is 0 Å². The number of carbonyl (C=O) groups is 1. The van der Waals surface area contributed by atoms with Gasteiger partial charge in [-0.05, 0) is 34.5 Å². The van der Waals surface area contributed by atoms with Gasteiger partial charge in [0, 0.05) is 6.42 Å². The van der Waals surface area contributed by atoms with Gasteiger partial charge in [0.25, 0.3) is 0 Å². The van der Waals surface area contributed by atoms with Crippen molar-refractivity contribution in [1.29, 1.82) is 0 Å². The third-order valence-corrected chi connectivity index (χ3v) is 4.29. The van der Waals surface area contributed by atoms with Crippen molar-refractivity contribution in [2.75, 3.05) is 0 Å². The quantitative estimate of drug-likeness (QED) is 0.777. The first-order valence-electron chi connectivity index (χ1n) is 7.35. The number of benzene rings is 1. The van der Waals surface area contributed by atoms with E-state index in [1.54, 1.807) is 0 Å². The predicted molar refractivity (Wildman–Crippen MR) is 87.1 cm³/mol. The van der Waals surface area contributed by atoms with Gasteiger partial charge in [0.1, 0.15) is 4.88 Å². The Morgan fingerprint density at radius 3 is 2.43 bits per heavy atom. The van der Waals surface area contributed by atoms with Gasteiger partial charge >= 0.3 is 0 Å². The Morgan fingerprint density at radius 1 is 1.19 bits per heavy atom. The molecule has 4 heteroatoms. The smallest absolute Gasteiger partial charge is 0.180 e. The summed E-state index contributed by atoms with van der Waals surface area (Å²) in [5.41, 5.74) is 3.31. The van der Waals surface area contributed by atoms with Crippen LogP contribution in [0.25, 0.3) is 0 Å².